The molecule has 0 saturated carbocycles. The number of benzene rings is 1. The molecule has 2 aromatic heterocycles. The molecule has 0 radical (unpaired) electrons. The lowest BCUT2D eigenvalue weighted by Crippen LogP contribution is -2.53. The monoisotopic (exact) mass is 867 g/mol. The minimum Gasteiger partial charge on any atom is -0.357 e. The largest absolute Gasteiger partial charge is 0.357 e. The third kappa shape index (κ3) is 11.4. The number of pyridine rings is 2. The predicted octanol–water partition coefficient (Wildman–Crippen LogP) is 4.51. The first-order valence-corrected chi connectivity index (χ1v) is 23.4. The van der Waals surface area contributed by atoms with Crippen molar-refractivity contribution >= 4 is 41.4 Å². The summed E-state index contributed by atoms with van der Waals surface area (Å²) in [5, 5.41) is 5.33. The van der Waals surface area contributed by atoms with Crippen LogP contribution in [0.2, 0.25) is 0 Å². The fraction of sp³-hybridized carbons (Fsp3) is 0.500. The van der Waals surface area contributed by atoms with Gasteiger partial charge in [0.25, 0.3) is 11.8 Å². The molecule has 2 N–H and O–H groups in total. The number of hydrogen-bond acceptors (Lipinski definition) is 10. The van der Waals surface area contributed by atoms with E-state index in [4.69, 9.17) is 4.98 Å². The smallest absolute Gasteiger partial charge is 0.255 e. The lowest BCUT2D eigenvalue weighted by molar-refractivity contribution is -0.137. The maximum absolute atomic E-state index is 13.4. The second-order valence-electron chi connectivity index (χ2n) is 17.8. The zero-order valence-corrected chi connectivity index (χ0v) is 36.9. The van der Waals surface area contributed by atoms with Crippen molar-refractivity contribution in [2.45, 2.75) is 89.3 Å². The molecule has 64 heavy (non-hydrogen) atoms. The minimum atomic E-state index is -0.627. The first-order chi connectivity index (χ1) is 31.3. The van der Waals surface area contributed by atoms with Crippen LogP contribution >= 0.6 is 0 Å². The van der Waals surface area contributed by atoms with Gasteiger partial charge in [0.05, 0.1) is 5.56 Å². The number of imide groups is 1. The van der Waals surface area contributed by atoms with Gasteiger partial charge in [-0.15, -0.1) is 0 Å². The molecule has 14 nitrogen and oxygen atoms in total. The average molecular weight is 868 g/mol. The summed E-state index contributed by atoms with van der Waals surface area (Å²) >= 11 is 0. The van der Waals surface area contributed by atoms with E-state index in [1.54, 1.807) is 41.7 Å². The van der Waals surface area contributed by atoms with Gasteiger partial charge in [0.1, 0.15) is 11.9 Å². The number of piperidine rings is 3. The Morgan fingerprint density at radius 3 is 2.44 bits per heavy atom. The molecule has 5 aliphatic rings. The van der Waals surface area contributed by atoms with E-state index in [1.807, 2.05) is 41.3 Å². The van der Waals surface area contributed by atoms with E-state index in [-0.39, 0.29) is 30.0 Å². The van der Waals surface area contributed by atoms with Crippen LogP contribution in [-0.2, 0) is 20.9 Å². The number of piperazine rings is 1. The van der Waals surface area contributed by atoms with Gasteiger partial charge in [-0.05, 0) is 105 Å². The summed E-state index contributed by atoms with van der Waals surface area (Å²) in [6, 6.07) is 13.3. The molecule has 0 bridgehead atoms. The Labute approximate surface area is 376 Å². The fourth-order valence-corrected chi connectivity index (χ4v) is 9.85. The lowest BCUT2D eigenvalue weighted by Gasteiger charge is -2.43. The molecular formula is C50H61N9O5. The van der Waals surface area contributed by atoms with Crippen LogP contribution in [0.4, 0.5) is 5.82 Å². The number of nitrogens with zero attached hydrogens (tertiary/aromatic N) is 7. The highest BCUT2D eigenvalue weighted by Gasteiger charge is 2.40. The number of nitrogens with one attached hydrogen (secondary N) is 2. The number of unbranched alkanes of at least 4 members (excludes halogenated alkanes) is 2. The van der Waals surface area contributed by atoms with E-state index in [2.05, 4.69) is 42.2 Å². The third-order valence-corrected chi connectivity index (χ3v) is 13.6. The molecule has 7 heterocycles. The second-order valence-corrected chi connectivity index (χ2v) is 17.8. The Kier molecular flexibility index (Phi) is 15.1. The van der Waals surface area contributed by atoms with Gasteiger partial charge in [-0.2, -0.15) is 0 Å². The standard InChI is InChI=1S/C50H61N9O5/c60-46(17-13-38-9-7-23-51-34-38)52-24-4-3-8-37-19-26-58(27-20-37)49(63)40-14-16-45(53-35-40)57-28-21-41(22-29-57)56-32-30-55(31-33-56)25-5-1-2-10-39-11-6-12-42-43(39)36-59(50(42)64)44-15-18-47(61)54-48(44)62/h6-7,9,11-14,16-17,23,34-35,37,41,44H,1,3-5,8,15,18-22,24-33,36H2,(H,52,60)(H,54,61,62)/b17-13+. The fourth-order valence-electron chi connectivity index (χ4n) is 9.85. The lowest BCUT2D eigenvalue weighted by atomic mass is 9.91. The van der Waals surface area contributed by atoms with Crippen molar-refractivity contribution in [3.8, 4) is 11.8 Å². The summed E-state index contributed by atoms with van der Waals surface area (Å²) in [7, 11) is 0. The molecule has 1 aromatic carbocycles. The zero-order valence-electron chi connectivity index (χ0n) is 36.9. The molecule has 4 fully saturated rings. The van der Waals surface area contributed by atoms with Crippen molar-refractivity contribution in [1.29, 1.82) is 0 Å². The van der Waals surface area contributed by atoms with Crippen molar-refractivity contribution in [2.75, 3.05) is 70.3 Å². The molecule has 1 atom stereocenters. The van der Waals surface area contributed by atoms with Crippen molar-refractivity contribution in [2.24, 2.45) is 5.92 Å². The van der Waals surface area contributed by atoms with E-state index in [1.165, 1.54) is 0 Å². The third-order valence-electron chi connectivity index (χ3n) is 13.6. The van der Waals surface area contributed by atoms with Gasteiger partial charge in [0.2, 0.25) is 17.7 Å². The molecule has 3 aromatic rings. The first kappa shape index (κ1) is 44.7. The van der Waals surface area contributed by atoms with Crippen molar-refractivity contribution in [3.05, 3.63) is 94.9 Å². The maximum Gasteiger partial charge on any atom is 0.255 e. The zero-order chi connectivity index (χ0) is 44.3. The topological polar surface area (TPSA) is 151 Å². The highest BCUT2D eigenvalue weighted by atomic mass is 16.2. The average Bonchev–Trinajstić information content (AvgIpc) is 3.67. The Hall–Kier alpha value is -5.91. The van der Waals surface area contributed by atoms with Crippen LogP contribution in [0.15, 0.2) is 67.1 Å². The Balaban J connectivity index is 0.684. The number of hydrogen-bond donors (Lipinski definition) is 2. The van der Waals surface area contributed by atoms with Crippen LogP contribution in [0.5, 0.6) is 0 Å². The summed E-state index contributed by atoms with van der Waals surface area (Å²) in [5.74, 6) is 7.31. The van der Waals surface area contributed by atoms with E-state index in [9.17, 15) is 24.0 Å². The Bertz CT molecular complexity index is 2210. The molecule has 0 aliphatic carbocycles. The molecule has 14 heteroatoms. The van der Waals surface area contributed by atoms with E-state index in [0.717, 1.165) is 139 Å². The molecular weight excluding hydrogens is 807 g/mol. The maximum atomic E-state index is 13.4. The van der Waals surface area contributed by atoms with Crippen LogP contribution in [0.25, 0.3) is 6.08 Å². The summed E-state index contributed by atoms with van der Waals surface area (Å²) in [6.07, 6.45) is 18.2. The van der Waals surface area contributed by atoms with E-state index >= 15 is 0 Å². The molecule has 0 spiro atoms. The quantitative estimate of drug-likeness (QED) is 0.103. The van der Waals surface area contributed by atoms with Crippen molar-refractivity contribution in [1.82, 2.24) is 40.2 Å². The second kappa shape index (κ2) is 21.6. The van der Waals surface area contributed by atoms with Gasteiger partial charge in [0.15, 0.2) is 0 Å². The van der Waals surface area contributed by atoms with Crippen LogP contribution < -0.4 is 15.5 Å². The number of amides is 5. The number of likely N-dealkylation sites (tertiary alicyclic amines) is 1. The van der Waals surface area contributed by atoms with Gasteiger partial charge in [-0.1, -0.05) is 36.8 Å². The van der Waals surface area contributed by atoms with Crippen LogP contribution in [0.3, 0.4) is 0 Å². The predicted molar refractivity (Wildman–Crippen MR) is 245 cm³/mol. The Morgan fingerprint density at radius 2 is 1.69 bits per heavy atom. The summed E-state index contributed by atoms with van der Waals surface area (Å²) < 4.78 is 0. The van der Waals surface area contributed by atoms with Gasteiger partial charge in [-0.3, -0.25) is 39.2 Å². The van der Waals surface area contributed by atoms with Crippen molar-refractivity contribution in [3.63, 3.8) is 0 Å². The molecule has 8 rings (SSSR count). The van der Waals surface area contributed by atoms with Gasteiger partial charge in [0, 0.05) is 120 Å². The van der Waals surface area contributed by atoms with E-state index in [0.29, 0.717) is 42.6 Å². The molecule has 1 unspecified atom stereocenters. The van der Waals surface area contributed by atoms with Gasteiger partial charge < -0.3 is 24.9 Å². The van der Waals surface area contributed by atoms with Crippen LogP contribution in [-0.4, -0.2) is 137 Å². The number of carbonyl (C=O) groups is 5. The van der Waals surface area contributed by atoms with Crippen molar-refractivity contribution < 1.29 is 24.0 Å². The summed E-state index contributed by atoms with van der Waals surface area (Å²) in [6.45, 7) is 9.73. The number of fused-ring (bicyclic) bond motifs is 1. The summed E-state index contributed by atoms with van der Waals surface area (Å²) in [4.78, 5) is 82.6. The normalized spacial score (nSPS) is 20.3. The molecule has 336 valence electrons. The van der Waals surface area contributed by atoms with Gasteiger partial charge >= 0.3 is 0 Å². The number of rotatable bonds is 14. The molecule has 4 saturated heterocycles. The number of aromatic nitrogens is 2. The minimum absolute atomic E-state index is 0.0701. The van der Waals surface area contributed by atoms with E-state index < -0.39 is 11.9 Å². The molecule has 5 aliphatic heterocycles. The van der Waals surface area contributed by atoms with Crippen LogP contribution in [0, 0.1) is 17.8 Å². The number of carbonyl (C=O) groups excluding carboxylic acids is 5. The first-order valence-electron chi connectivity index (χ1n) is 23.4. The highest BCUT2D eigenvalue weighted by molar-refractivity contribution is 6.05. The highest BCUT2D eigenvalue weighted by Crippen LogP contribution is 2.30. The summed E-state index contributed by atoms with van der Waals surface area (Å²) in [5.41, 5.74) is 3.86. The molecule has 5 amide bonds. The number of anilines is 1. The van der Waals surface area contributed by atoms with Crippen LogP contribution in [0.1, 0.15) is 108 Å². The van der Waals surface area contributed by atoms with Gasteiger partial charge in [-0.25, -0.2) is 4.98 Å². The SMILES string of the molecule is O=C(/C=C/c1cccnc1)NCCCCC1CCN(C(=O)c2ccc(N3CCC(N4CCN(CCCC#Cc5cccc6c5CN(C5CCC(=O)NC5=O)C6=O)CC4)CC3)nc2)CC1. The Morgan fingerprint density at radius 1 is 0.859 bits per heavy atom.